The zero-order valence-corrected chi connectivity index (χ0v) is 7.11. The summed E-state index contributed by atoms with van der Waals surface area (Å²) in [6.07, 6.45) is -0.169. The molecule has 0 amide bonds. The molecule has 0 bridgehead atoms. The highest BCUT2D eigenvalue weighted by atomic mass is 16.7. The van der Waals surface area contributed by atoms with Crippen molar-refractivity contribution in [1.29, 1.82) is 0 Å². The molecule has 6 nitrogen and oxygen atoms in total. The molecule has 0 atom stereocenters. The molecule has 1 N–H and O–H groups in total. The Balaban J connectivity index is 3.31. The van der Waals surface area contributed by atoms with Crippen LogP contribution in [0.25, 0.3) is 0 Å². The first-order valence-electron chi connectivity index (χ1n) is 3.51. The van der Waals surface area contributed by atoms with Gasteiger partial charge in [0.2, 0.25) is 5.78 Å². The van der Waals surface area contributed by atoms with Crippen LogP contribution in [-0.2, 0) is 23.9 Å². The second-order valence-electron chi connectivity index (χ2n) is 2.16. The summed E-state index contributed by atoms with van der Waals surface area (Å²) in [6.45, 7) is 0.617. The highest BCUT2D eigenvalue weighted by Crippen LogP contribution is 1.85. The van der Waals surface area contributed by atoms with Gasteiger partial charge >= 0.3 is 11.9 Å². The fourth-order valence-electron chi connectivity index (χ4n) is 0.415. The number of hydrogen-bond donors (Lipinski definition) is 1. The monoisotopic (exact) mass is 190 g/mol. The summed E-state index contributed by atoms with van der Waals surface area (Å²) >= 11 is 0. The molecule has 0 radical (unpaired) electrons. The summed E-state index contributed by atoms with van der Waals surface area (Å²) in [7, 11) is 0. The van der Waals surface area contributed by atoms with Crippen LogP contribution >= 0.6 is 0 Å². The Bertz CT molecular complexity index is 209. The van der Waals surface area contributed by atoms with Gasteiger partial charge in [0.1, 0.15) is 0 Å². The molecule has 0 aliphatic carbocycles. The van der Waals surface area contributed by atoms with Gasteiger partial charge in [0.25, 0.3) is 0 Å². The summed E-state index contributed by atoms with van der Waals surface area (Å²) in [5.41, 5.74) is 0. The van der Waals surface area contributed by atoms with E-state index in [0.717, 1.165) is 6.92 Å². The van der Waals surface area contributed by atoms with Crippen LogP contribution < -0.4 is 0 Å². The van der Waals surface area contributed by atoms with Crippen LogP contribution in [0.4, 0.5) is 0 Å². The van der Waals surface area contributed by atoms with Gasteiger partial charge in [0.05, 0.1) is 13.0 Å². The molecule has 0 aliphatic heterocycles. The lowest BCUT2D eigenvalue weighted by atomic mass is 10.5. The van der Waals surface area contributed by atoms with Gasteiger partial charge < -0.3 is 14.6 Å². The van der Waals surface area contributed by atoms with Crippen molar-refractivity contribution in [2.24, 2.45) is 0 Å². The maximum atomic E-state index is 10.5. The van der Waals surface area contributed by atoms with Crippen LogP contribution in [0.3, 0.4) is 0 Å². The highest BCUT2D eigenvalue weighted by molar-refractivity contribution is 6.32. The van der Waals surface area contributed by atoms with Gasteiger partial charge in [0.15, 0.2) is 6.79 Å². The van der Waals surface area contributed by atoms with E-state index in [1.165, 1.54) is 0 Å². The van der Waals surface area contributed by atoms with Crippen molar-refractivity contribution in [2.75, 3.05) is 13.4 Å². The van der Waals surface area contributed by atoms with E-state index in [0.29, 0.717) is 0 Å². The van der Waals surface area contributed by atoms with E-state index in [1.54, 1.807) is 0 Å². The van der Waals surface area contributed by atoms with Crippen LogP contribution in [0.1, 0.15) is 13.3 Å². The third-order valence-electron chi connectivity index (χ3n) is 1.02. The van der Waals surface area contributed by atoms with Gasteiger partial charge in [-0.1, -0.05) is 0 Å². The second kappa shape index (κ2) is 6.13. The molecule has 0 aliphatic rings. The molecule has 0 spiro atoms. The number of hydrogen-bond acceptors (Lipinski definition) is 5. The van der Waals surface area contributed by atoms with Crippen molar-refractivity contribution in [2.45, 2.75) is 13.3 Å². The van der Waals surface area contributed by atoms with Crippen LogP contribution in [0.15, 0.2) is 0 Å². The Morgan fingerprint density at radius 3 is 2.38 bits per heavy atom. The first kappa shape index (κ1) is 11.6. The van der Waals surface area contributed by atoms with Crippen LogP contribution in [0.2, 0.25) is 0 Å². The lowest BCUT2D eigenvalue weighted by molar-refractivity contribution is -0.163. The van der Waals surface area contributed by atoms with E-state index in [4.69, 9.17) is 5.11 Å². The van der Waals surface area contributed by atoms with Crippen LogP contribution in [-0.4, -0.2) is 36.2 Å². The minimum Gasteiger partial charge on any atom is -0.481 e. The lowest BCUT2D eigenvalue weighted by Crippen LogP contribution is -2.16. The van der Waals surface area contributed by atoms with E-state index in [9.17, 15) is 14.4 Å². The standard InChI is InChI=1S/C7H10O6/c1-5(8)7(11)13-4-12-3-2-6(9)10/h2-4H2,1H3,(H,9,10). The SMILES string of the molecule is CC(=O)C(=O)OCOCCC(=O)O. The number of ketones is 1. The molecule has 0 aromatic carbocycles. The predicted molar refractivity (Wildman–Crippen MR) is 39.8 cm³/mol. The zero-order valence-electron chi connectivity index (χ0n) is 7.11. The minimum atomic E-state index is -1.00. The largest absolute Gasteiger partial charge is 0.481 e. The average Bonchev–Trinajstić information content (AvgIpc) is 2.02. The summed E-state index contributed by atoms with van der Waals surface area (Å²) < 4.78 is 8.87. The smallest absolute Gasteiger partial charge is 0.376 e. The minimum absolute atomic E-state index is 0.0550. The number of Topliss-reactive ketones (excluding diaryl/α,β-unsaturated/α-hetero) is 1. The lowest BCUT2D eigenvalue weighted by Gasteiger charge is -2.02. The highest BCUT2D eigenvalue weighted by Gasteiger charge is 2.07. The molecule has 0 unspecified atom stereocenters. The topological polar surface area (TPSA) is 89.9 Å². The van der Waals surface area contributed by atoms with Crippen LogP contribution in [0, 0.1) is 0 Å². The third kappa shape index (κ3) is 6.95. The fraction of sp³-hybridized carbons (Fsp3) is 0.571. The Labute approximate surface area is 74.4 Å². The first-order valence-corrected chi connectivity index (χ1v) is 3.51. The molecule has 0 rings (SSSR count). The number of carbonyl (C=O) groups excluding carboxylic acids is 2. The number of ether oxygens (including phenoxy) is 2. The molecule has 74 valence electrons. The molecule has 0 saturated heterocycles. The second-order valence-corrected chi connectivity index (χ2v) is 2.16. The fourth-order valence-corrected chi connectivity index (χ4v) is 0.415. The first-order chi connectivity index (χ1) is 6.04. The molecule has 0 aromatic rings. The number of esters is 1. The van der Waals surface area contributed by atoms with Gasteiger partial charge in [-0.15, -0.1) is 0 Å². The van der Waals surface area contributed by atoms with Crippen molar-refractivity contribution in [3.8, 4) is 0 Å². The van der Waals surface area contributed by atoms with E-state index in [-0.39, 0.29) is 13.0 Å². The zero-order chi connectivity index (χ0) is 10.3. The molecule has 13 heavy (non-hydrogen) atoms. The average molecular weight is 190 g/mol. The predicted octanol–water partition coefficient (Wildman–Crippen LogP) is -0.433. The van der Waals surface area contributed by atoms with Crippen molar-refractivity contribution in [3.63, 3.8) is 0 Å². The number of rotatable bonds is 6. The quantitative estimate of drug-likeness (QED) is 0.264. The number of aliphatic carboxylic acids is 1. The summed E-state index contributed by atoms with van der Waals surface area (Å²) in [5.74, 6) is -2.71. The van der Waals surface area contributed by atoms with E-state index in [2.05, 4.69) is 9.47 Å². The Morgan fingerprint density at radius 2 is 1.92 bits per heavy atom. The number of carboxylic acid groups (broad SMARTS) is 1. The van der Waals surface area contributed by atoms with Gasteiger partial charge in [-0.2, -0.15) is 0 Å². The van der Waals surface area contributed by atoms with Crippen molar-refractivity contribution >= 4 is 17.7 Å². The van der Waals surface area contributed by atoms with Crippen molar-refractivity contribution in [1.82, 2.24) is 0 Å². The third-order valence-corrected chi connectivity index (χ3v) is 1.02. The summed E-state index contributed by atoms with van der Waals surface area (Å²) in [4.78, 5) is 30.7. The Hall–Kier alpha value is -1.43. The van der Waals surface area contributed by atoms with Crippen LogP contribution in [0.5, 0.6) is 0 Å². The van der Waals surface area contributed by atoms with E-state index in [1.807, 2.05) is 0 Å². The molecule has 0 fully saturated rings. The maximum Gasteiger partial charge on any atom is 0.376 e. The normalized spacial score (nSPS) is 9.31. The maximum absolute atomic E-state index is 10.5. The van der Waals surface area contributed by atoms with Gasteiger partial charge in [-0.05, 0) is 0 Å². The molecular formula is C7H10O6. The van der Waals surface area contributed by atoms with E-state index < -0.39 is 24.5 Å². The van der Waals surface area contributed by atoms with Gasteiger partial charge in [-0.25, -0.2) is 4.79 Å². The van der Waals surface area contributed by atoms with E-state index >= 15 is 0 Å². The number of carbonyl (C=O) groups is 3. The molecule has 6 heteroatoms. The summed E-state index contributed by atoms with van der Waals surface area (Å²) in [5, 5.41) is 8.17. The van der Waals surface area contributed by atoms with Crippen molar-refractivity contribution in [3.05, 3.63) is 0 Å². The Morgan fingerprint density at radius 1 is 1.31 bits per heavy atom. The van der Waals surface area contributed by atoms with Gasteiger partial charge in [0, 0.05) is 6.92 Å². The number of carboxylic acids is 1. The van der Waals surface area contributed by atoms with Crippen molar-refractivity contribution < 1.29 is 29.0 Å². The molecular weight excluding hydrogens is 180 g/mol. The molecule has 0 heterocycles. The summed E-state index contributed by atoms with van der Waals surface area (Å²) in [6, 6.07) is 0. The Kier molecular flexibility index (Phi) is 5.45. The molecule has 0 saturated carbocycles. The van der Waals surface area contributed by atoms with Gasteiger partial charge in [-0.3, -0.25) is 9.59 Å². The molecule has 0 aromatic heterocycles.